The Morgan fingerprint density at radius 2 is 1.80 bits per heavy atom. The minimum atomic E-state index is -0.268. The fourth-order valence-electron chi connectivity index (χ4n) is 4.11. The van der Waals surface area contributed by atoms with Gasteiger partial charge in [0.2, 0.25) is 0 Å². The average Bonchev–Trinajstić information content (AvgIpc) is 3.50. The number of carbonyl (C=O) groups excluding carboxylic acids is 1. The molecule has 0 radical (unpaired) electrons. The van der Waals surface area contributed by atoms with Crippen molar-refractivity contribution in [2.45, 2.75) is 19.5 Å². The number of nitrogens with two attached hydrogens (primary N) is 1. The lowest BCUT2D eigenvalue weighted by molar-refractivity contribution is 0.0953. The average molecular weight is 488 g/mol. The van der Waals surface area contributed by atoms with Crippen LogP contribution < -0.4 is 20.5 Å². The molecule has 0 bridgehead atoms. The minimum absolute atomic E-state index is 0.268. The zero-order valence-electron chi connectivity index (χ0n) is 19.4. The van der Waals surface area contributed by atoms with Crippen LogP contribution in [0, 0.1) is 0 Å². The van der Waals surface area contributed by atoms with E-state index in [1.165, 1.54) is 0 Å². The van der Waals surface area contributed by atoms with Gasteiger partial charge in [-0.2, -0.15) is 0 Å². The SMILES string of the molecule is COc1ccc(CCn2c(N)c(C(=O)NCc3cccs3)c3nc4ccccc4nc32)cc1OC. The highest BCUT2D eigenvalue weighted by atomic mass is 32.1. The van der Waals surface area contributed by atoms with Crippen LogP contribution in [0.3, 0.4) is 0 Å². The Hall–Kier alpha value is -4.11. The number of amides is 1. The largest absolute Gasteiger partial charge is 0.493 e. The first kappa shape index (κ1) is 22.7. The standard InChI is InChI=1S/C26H25N5O3S/c1-33-20-10-9-16(14-21(20)34-2)11-12-31-24(27)22(26(32)28-15-17-6-5-13-35-17)23-25(31)30-19-8-4-3-7-18(19)29-23/h3-10,13-14H,11-12,15,27H2,1-2H3,(H,28,32). The van der Waals surface area contributed by atoms with E-state index in [4.69, 9.17) is 25.2 Å². The molecule has 35 heavy (non-hydrogen) atoms. The summed E-state index contributed by atoms with van der Waals surface area (Å²) in [5.74, 6) is 1.41. The summed E-state index contributed by atoms with van der Waals surface area (Å²) in [5, 5.41) is 4.96. The molecule has 8 nitrogen and oxygen atoms in total. The van der Waals surface area contributed by atoms with Gasteiger partial charge in [0.1, 0.15) is 16.9 Å². The number of hydrogen-bond donors (Lipinski definition) is 2. The van der Waals surface area contributed by atoms with Crippen LogP contribution in [0.4, 0.5) is 5.82 Å². The van der Waals surface area contributed by atoms with Crippen molar-refractivity contribution in [3.05, 3.63) is 76.0 Å². The normalized spacial score (nSPS) is 11.1. The molecular formula is C26H25N5O3S. The maximum atomic E-state index is 13.3. The van der Waals surface area contributed by atoms with Crippen molar-refractivity contribution in [3.8, 4) is 11.5 Å². The number of rotatable bonds is 8. The highest BCUT2D eigenvalue weighted by molar-refractivity contribution is 7.09. The maximum absolute atomic E-state index is 13.3. The topological polar surface area (TPSA) is 104 Å². The van der Waals surface area contributed by atoms with Crippen LogP contribution in [0.1, 0.15) is 20.8 Å². The molecule has 3 heterocycles. The molecule has 9 heteroatoms. The van der Waals surface area contributed by atoms with Crippen LogP contribution in [0.5, 0.6) is 11.5 Å². The fraction of sp³-hybridized carbons (Fsp3) is 0.192. The molecule has 0 aliphatic carbocycles. The van der Waals surface area contributed by atoms with Crippen molar-refractivity contribution in [3.63, 3.8) is 0 Å². The van der Waals surface area contributed by atoms with E-state index in [1.54, 1.807) is 25.6 Å². The van der Waals surface area contributed by atoms with Gasteiger partial charge in [0, 0.05) is 11.4 Å². The van der Waals surface area contributed by atoms with Gasteiger partial charge in [0.25, 0.3) is 5.91 Å². The third-order valence-corrected chi connectivity index (χ3v) is 6.77. The van der Waals surface area contributed by atoms with Crippen molar-refractivity contribution in [2.75, 3.05) is 20.0 Å². The van der Waals surface area contributed by atoms with Crippen LogP contribution in [0.2, 0.25) is 0 Å². The fourth-order valence-corrected chi connectivity index (χ4v) is 4.76. The molecule has 2 aromatic carbocycles. The number of hydrogen-bond acceptors (Lipinski definition) is 7. The number of aryl methyl sites for hydroxylation is 2. The Balaban J connectivity index is 1.53. The van der Waals surface area contributed by atoms with Gasteiger partial charge in [-0.15, -0.1) is 11.3 Å². The number of para-hydroxylation sites is 2. The van der Waals surface area contributed by atoms with Crippen molar-refractivity contribution in [2.24, 2.45) is 0 Å². The predicted molar refractivity (Wildman–Crippen MR) is 138 cm³/mol. The van der Waals surface area contributed by atoms with Crippen LogP contribution in [-0.4, -0.2) is 34.7 Å². The molecule has 0 fully saturated rings. The number of anilines is 1. The number of nitrogens with one attached hydrogen (secondary N) is 1. The van der Waals surface area contributed by atoms with E-state index in [9.17, 15) is 4.79 Å². The van der Waals surface area contributed by atoms with Crippen LogP contribution in [0.25, 0.3) is 22.2 Å². The summed E-state index contributed by atoms with van der Waals surface area (Å²) in [6.07, 6.45) is 0.652. The van der Waals surface area contributed by atoms with Gasteiger partial charge in [0.05, 0.1) is 31.8 Å². The Bertz CT molecular complexity index is 1510. The number of carbonyl (C=O) groups is 1. The summed E-state index contributed by atoms with van der Waals surface area (Å²) in [6.45, 7) is 0.943. The quantitative estimate of drug-likeness (QED) is 0.336. The Labute approximate surface area is 206 Å². The summed E-state index contributed by atoms with van der Waals surface area (Å²) in [4.78, 5) is 23.9. The molecule has 0 spiro atoms. The van der Waals surface area contributed by atoms with Gasteiger partial charge in [-0.1, -0.05) is 24.3 Å². The summed E-state index contributed by atoms with van der Waals surface area (Å²) >= 11 is 1.59. The minimum Gasteiger partial charge on any atom is -0.493 e. The number of methoxy groups -OCH3 is 2. The van der Waals surface area contributed by atoms with E-state index >= 15 is 0 Å². The number of benzene rings is 2. The molecule has 3 aromatic heterocycles. The van der Waals surface area contributed by atoms with Crippen LogP contribution in [-0.2, 0) is 19.5 Å². The van der Waals surface area contributed by atoms with E-state index in [1.807, 2.05) is 64.5 Å². The predicted octanol–water partition coefficient (Wildman–Crippen LogP) is 4.42. The first-order valence-electron chi connectivity index (χ1n) is 11.1. The van der Waals surface area contributed by atoms with E-state index in [0.717, 1.165) is 16.0 Å². The van der Waals surface area contributed by atoms with Crippen LogP contribution in [0.15, 0.2) is 60.0 Å². The Kier molecular flexibility index (Phi) is 6.24. The molecule has 0 saturated carbocycles. The molecular weight excluding hydrogens is 462 g/mol. The number of nitrogens with zero attached hydrogens (tertiary/aromatic N) is 3. The third kappa shape index (κ3) is 4.38. The monoisotopic (exact) mass is 487 g/mol. The van der Waals surface area contributed by atoms with E-state index in [2.05, 4.69) is 5.32 Å². The number of thiophene rings is 1. The third-order valence-electron chi connectivity index (χ3n) is 5.89. The zero-order chi connectivity index (χ0) is 24.4. The highest BCUT2D eigenvalue weighted by Gasteiger charge is 2.24. The first-order chi connectivity index (χ1) is 17.1. The Morgan fingerprint density at radius 1 is 1.03 bits per heavy atom. The second kappa shape index (κ2) is 9.63. The van der Waals surface area contributed by atoms with Gasteiger partial charge in [-0.3, -0.25) is 4.79 Å². The number of aromatic nitrogens is 3. The van der Waals surface area contributed by atoms with Gasteiger partial charge in [-0.25, -0.2) is 9.97 Å². The molecule has 0 saturated heterocycles. The number of ether oxygens (including phenoxy) is 2. The van der Waals surface area contributed by atoms with Gasteiger partial charge in [-0.05, 0) is 47.7 Å². The second-order valence-corrected chi connectivity index (χ2v) is 9.03. The summed E-state index contributed by atoms with van der Waals surface area (Å²) < 4.78 is 12.6. The molecule has 0 aliphatic heterocycles. The van der Waals surface area contributed by atoms with E-state index in [0.29, 0.717) is 59.1 Å². The lowest BCUT2D eigenvalue weighted by atomic mass is 10.1. The maximum Gasteiger partial charge on any atom is 0.257 e. The van der Waals surface area contributed by atoms with E-state index in [-0.39, 0.29) is 5.91 Å². The van der Waals surface area contributed by atoms with Crippen molar-refractivity contribution < 1.29 is 14.3 Å². The second-order valence-electron chi connectivity index (χ2n) is 8.00. The molecule has 5 aromatic rings. The summed E-state index contributed by atoms with van der Waals surface area (Å²) in [5.41, 5.74) is 10.5. The molecule has 1 amide bonds. The summed E-state index contributed by atoms with van der Waals surface area (Å²) in [7, 11) is 3.22. The lowest BCUT2D eigenvalue weighted by Gasteiger charge is -2.11. The highest BCUT2D eigenvalue weighted by Crippen LogP contribution is 2.30. The smallest absolute Gasteiger partial charge is 0.257 e. The van der Waals surface area contributed by atoms with Gasteiger partial charge in [0.15, 0.2) is 17.1 Å². The number of fused-ring (bicyclic) bond motifs is 2. The molecule has 0 atom stereocenters. The Morgan fingerprint density at radius 3 is 2.51 bits per heavy atom. The lowest BCUT2D eigenvalue weighted by Crippen LogP contribution is -2.23. The molecule has 0 aliphatic rings. The molecule has 3 N–H and O–H groups in total. The van der Waals surface area contributed by atoms with Gasteiger partial charge < -0.3 is 25.1 Å². The first-order valence-corrected chi connectivity index (χ1v) is 12.0. The molecule has 5 rings (SSSR count). The van der Waals surface area contributed by atoms with Crippen molar-refractivity contribution in [1.29, 1.82) is 0 Å². The molecule has 0 unspecified atom stereocenters. The van der Waals surface area contributed by atoms with Gasteiger partial charge >= 0.3 is 0 Å². The van der Waals surface area contributed by atoms with Crippen molar-refractivity contribution in [1.82, 2.24) is 19.9 Å². The van der Waals surface area contributed by atoms with Crippen LogP contribution >= 0.6 is 11.3 Å². The number of nitrogen functional groups attached to an aromatic ring is 1. The van der Waals surface area contributed by atoms with E-state index < -0.39 is 0 Å². The zero-order valence-corrected chi connectivity index (χ0v) is 20.3. The molecule has 178 valence electrons. The summed E-state index contributed by atoms with van der Waals surface area (Å²) in [6, 6.07) is 17.3. The van der Waals surface area contributed by atoms with Crippen molar-refractivity contribution >= 4 is 45.3 Å².